The van der Waals surface area contributed by atoms with E-state index in [0.717, 1.165) is 22.4 Å². The van der Waals surface area contributed by atoms with E-state index in [1.807, 2.05) is 54.3 Å². The largest absolute Gasteiger partial charge is 0.507 e. The van der Waals surface area contributed by atoms with Crippen molar-refractivity contribution in [3.8, 4) is 34.3 Å². The average molecular weight is 560 g/mol. The molecule has 5 rings (SSSR count). The molecule has 1 aliphatic rings. The van der Waals surface area contributed by atoms with Gasteiger partial charge in [-0.05, 0) is 66.4 Å². The van der Waals surface area contributed by atoms with E-state index in [1.54, 1.807) is 32.4 Å². The van der Waals surface area contributed by atoms with Crippen LogP contribution >= 0.6 is 11.6 Å². The zero-order valence-corrected chi connectivity index (χ0v) is 23.3. The van der Waals surface area contributed by atoms with Crippen LogP contribution < -0.4 is 14.2 Å². The van der Waals surface area contributed by atoms with Crippen LogP contribution in [0, 0.1) is 6.92 Å². The third-order valence-electron chi connectivity index (χ3n) is 7.06. The van der Waals surface area contributed by atoms with Gasteiger partial charge in [0, 0.05) is 22.7 Å². The molecule has 3 aromatic carbocycles. The van der Waals surface area contributed by atoms with E-state index in [-0.39, 0.29) is 11.7 Å². The van der Waals surface area contributed by atoms with Crippen molar-refractivity contribution < 1.29 is 24.1 Å². The zero-order valence-electron chi connectivity index (χ0n) is 22.5. The lowest BCUT2D eigenvalue weighted by molar-refractivity contribution is 0.0745. The number of aromatic amines is 1. The second-order valence-corrected chi connectivity index (χ2v) is 9.90. The molecule has 0 spiro atoms. The summed E-state index contributed by atoms with van der Waals surface area (Å²) in [5.74, 6) is 1.71. The fraction of sp³-hybridized carbons (Fsp3) is 0.226. The number of hydrogen-bond acceptors (Lipinski definition) is 6. The fourth-order valence-corrected chi connectivity index (χ4v) is 5.16. The number of halogens is 1. The molecule has 8 nitrogen and oxygen atoms in total. The van der Waals surface area contributed by atoms with Gasteiger partial charge in [-0.2, -0.15) is 5.10 Å². The van der Waals surface area contributed by atoms with Gasteiger partial charge in [-0.1, -0.05) is 42.5 Å². The van der Waals surface area contributed by atoms with Crippen molar-refractivity contribution in [3.63, 3.8) is 0 Å². The molecule has 0 aliphatic carbocycles. The van der Waals surface area contributed by atoms with E-state index in [9.17, 15) is 9.90 Å². The summed E-state index contributed by atoms with van der Waals surface area (Å²) in [4.78, 5) is 15.6. The molecule has 0 bridgehead atoms. The number of fused-ring (bicyclic) bond motifs is 1. The molecule has 0 fully saturated rings. The van der Waals surface area contributed by atoms with Crippen LogP contribution in [0.2, 0.25) is 5.02 Å². The molecule has 1 unspecified atom stereocenters. The molecule has 206 valence electrons. The van der Waals surface area contributed by atoms with Gasteiger partial charge in [0.15, 0.2) is 11.5 Å². The smallest absolute Gasteiger partial charge is 0.273 e. The number of nitrogens with one attached hydrogen (secondary N) is 1. The van der Waals surface area contributed by atoms with Crippen molar-refractivity contribution in [3.05, 3.63) is 100 Å². The summed E-state index contributed by atoms with van der Waals surface area (Å²) in [6.45, 7) is 6.29. The maximum Gasteiger partial charge on any atom is 0.273 e. The Hall–Kier alpha value is -4.43. The molecule has 9 heteroatoms. The molecule has 1 amide bonds. The topological polar surface area (TPSA) is 96.9 Å². The molecule has 0 saturated carbocycles. The fourth-order valence-electron chi connectivity index (χ4n) is 5.00. The summed E-state index contributed by atoms with van der Waals surface area (Å²) in [6, 6.07) is 16.1. The standard InChI is InChI=1S/C31H30ClN3O5/c1-5-14-40-25-11-8-20(16-26(25)39-4)30-27-28(22-17-23(32)18(2)15-24(22)36)33-34-29(27)31(37)35(30)13-12-19-6-9-21(38-3)10-7-19/h5-11,15-17,30,36H,1,12-14H2,2-4H3,(H,33,34). The first-order valence-corrected chi connectivity index (χ1v) is 13.2. The molecule has 1 aliphatic heterocycles. The number of methoxy groups -OCH3 is 2. The lowest BCUT2D eigenvalue weighted by atomic mass is 9.94. The first-order chi connectivity index (χ1) is 19.4. The van der Waals surface area contributed by atoms with E-state index in [0.29, 0.717) is 58.6 Å². The summed E-state index contributed by atoms with van der Waals surface area (Å²) in [6.07, 6.45) is 2.28. The highest BCUT2D eigenvalue weighted by Gasteiger charge is 2.42. The number of ether oxygens (including phenoxy) is 3. The third kappa shape index (κ3) is 4.98. The van der Waals surface area contributed by atoms with Gasteiger partial charge in [-0.25, -0.2) is 0 Å². The summed E-state index contributed by atoms with van der Waals surface area (Å²) >= 11 is 6.43. The number of phenols is 1. The van der Waals surface area contributed by atoms with Crippen LogP contribution in [0.4, 0.5) is 0 Å². The minimum absolute atomic E-state index is 0.0323. The first-order valence-electron chi connectivity index (χ1n) is 12.8. The van der Waals surface area contributed by atoms with Crippen molar-refractivity contribution in [2.75, 3.05) is 27.4 Å². The molecule has 40 heavy (non-hydrogen) atoms. The highest BCUT2D eigenvalue weighted by atomic mass is 35.5. The number of aromatic nitrogens is 2. The van der Waals surface area contributed by atoms with E-state index >= 15 is 0 Å². The van der Waals surface area contributed by atoms with E-state index in [1.165, 1.54) is 0 Å². The zero-order chi connectivity index (χ0) is 28.4. The predicted molar refractivity (Wildman–Crippen MR) is 154 cm³/mol. The molecule has 1 atom stereocenters. The second-order valence-electron chi connectivity index (χ2n) is 9.49. The van der Waals surface area contributed by atoms with Crippen LogP contribution in [0.15, 0.2) is 67.3 Å². The highest BCUT2D eigenvalue weighted by molar-refractivity contribution is 6.31. The van der Waals surface area contributed by atoms with E-state index in [2.05, 4.69) is 16.8 Å². The Morgan fingerprint density at radius 2 is 1.88 bits per heavy atom. The molecule has 2 N–H and O–H groups in total. The van der Waals surface area contributed by atoms with Crippen LogP contribution in [-0.2, 0) is 6.42 Å². The van der Waals surface area contributed by atoms with Crippen LogP contribution in [-0.4, -0.2) is 53.5 Å². The molecule has 2 heterocycles. The monoisotopic (exact) mass is 559 g/mol. The van der Waals surface area contributed by atoms with Crippen LogP contribution in [0.5, 0.6) is 23.0 Å². The van der Waals surface area contributed by atoms with Gasteiger partial charge in [0.1, 0.15) is 29.5 Å². The molecule has 4 aromatic rings. The Labute approximate surface area is 237 Å². The Bertz CT molecular complexity index is 1560. The van der Waals surface area contributed by atoms with Gasteiger partial charge in [-0.15, -0.1) is 0 Å². The average Bonchev–Trinajstić information content (AvgIpc) is 3.51. The third-order valence-corrected chi connectivity index (χ3v) is 7.46. The van der Waals surface area contributed by atoms with Crippen LogP contribution in [0.3, 0.4) is 0 Å². The number of phenolic OH excluding ortho intramolecular Hbond substituents is 1. The Morgan fingerprint density at radius 3 is 2.58 bits per heavy atom. The predicted octanol–water partition coefficient (Wildman–Crippen LogP) is 6.11. The molecular formula is C31H30ClN3O5. The van der Waals surface area contributed by atoms with Gasteiger partial charge in [-0.3, -0.25) is 9.89 Å². The van der Waals surface area contributed by atoms with Gasteiger partial charge in [0.05, 0.1) is 20.3 Å². The lowest BCUT2D eigenvalue weighted by Crippen LogP contribution is -2.31. The maximum absolute atomic E-state index is 13.8. The molecule has 0 saturated heterocycles. The van der Waals surface area contributed by atoms with Crippen LogP contribution in [0.1, 0.15) is 38.8 Å². The number of rotatable bonds is 10. The lowest BCUT2D eigenvalue weighted by Gasteiger charge is -2.27. The quantitative estimate of drug-likeness (QED) is 0.227. The van der Waals surface area contributed by atoms with Gasteiger partial charge in [0.2, 0.25) is 0 Å². The minimum atomic E-state index is -0.503. The number of hydrogen-bond donors (Lipinski definition) is 2. The number of H-pyrrole nitrogens is 1. The van der Waals surface area contributed by atoms with Gasteiger partial charge >= 0.3 is 0 Å². The van der Waals surface area contributed by atoms with Crippen molar-refractivity contribution in [1.29, 1.82) is 0 Å². The first kappa shape index (κ1) is 27.1. The number of nitrogens with zero attached hydrogens (tertiary/aromatic N) is 2. The number of amides is 1. The van der Waals surface area contributed by atoms with E-state index in [4.69, 9.17) is 25.8 Å². The number of benzene rings is 3. The summed E-state index contributed by atoms with van der Waals surface area (Å²) in [5.41, 5.74) is 4.56. The van der Waals surface area contributed by atoms with Crippen LogP contribution in [0.25, 0.3) is 11.3 Å². The van der Waals surface area contributed by atoms with Gasteiger partial charge in [0.25, 0.3) is 5.91 Å². The number of carbonyl (C=O) groups is 1. The van der Waals surface area contributed by atoms with Crippen molar-refractivity contribution in [2.45, 2.75) is 19.4 Å². The maximum atomic E-state index is 13.8. The molecule has 1 aromatic heterocycles. The summed E-state index contributed by atoms with van der Waals surface area (Å²) in [7, 11) is 3.20. The van der Waals surface area contributed by atoms with Crippen molar-refractivity contribution >= 4 is 17.5 Å². The summed E-state index contributed by atoms with van der Waals surface area (Å²) in [5, 5.41) is 18.7. The SMILES string of the molecule is C=CCOc1ccc(C2c3c(-c4cc(Cl)c(C)cc4O)n[nH]c3C(=O)N2CCc2ccc(OC)cc2)cc1OC. The number of carbonyl (C=O) groups excluding carboxylic acids is 1. The van der Waals surface area contributed by atoms with Gasteiger partial charge < -0.3 is 24.2 Å². The Morgan fingerprint density at radius 1 is 1.10 bits per heavy atom. The minimum Gasteiger partial charge on any atom is -0.507 e. The molecule has 0 radical (unpaired) electrons. The summed E-state index contributed by atoms with van der Waals surface area (Å²) < 4.78 is 16.7. The highest BCUT2D eigenvalue weighted by Crippen LogP contribution is 2.46. The van der Waals surface area contributed by atoms with Crippen molar-refractivity contribution in [1.82, 2.24) is 15.1 Å². The normalized spacial score (nSPS) is 14.2. The second kappa shape index (κ2) is 11.4. The Kier molecular flexibility index (Phi) is 7.71. The number of aromatic hydroxyl groups is 1. The number of aryl methyl sites for hydroxylation is 1. The Balaban J connectivity index is 1.59. The van der Waals surface area contributed by atoms with E-state index < -0.39 is 6.04 Å². The van der Waals surface area contributed by atoms with Crippen molar-refractivity contribution in [2.24, 2.45) is 0 Å². The molecular weight excluding hydrogens is 530 g/mol.